The third kappa shape index (κ3) is 3.20. The number of hydrogen-bond donors (Lipinski definition) is 2. The zero-order valence-electron chi connectivity index (χ0n) is 11.7. The molecule has 2 rings (SSSR count). The van der Waals surface area contributed by atoms with Gasteiger partial charge in [-0.15, -0.1) is 5.10 Å². The summed E-state index contributed by atoms with van der Waals surface area (Å²) in [5.41, 5.74) is 7.35. The van der Waals surface area contributed by atoms with E-state index in [2.05, 4.69) is 26.2 Å². The molecule has 0 spiro atoms. The minimum atomic E-state index is -0.350. The van der Waals surface area contributed by atoms with Crippen LogP contribution in [-0.2, 0) is 12.8 Å². The summed E-state index contributed by atoms with van der Waals surface area (Å²) in [5.74, 6) is 0.119. The van der Waals surface area contributed by atoms with Crippen molar-refractivity contribution in [1.82, 2.24) is 20.2 Å². The Morgan fingerprint density at radius 1 is 1.38 bits per heavy atom. The summed E-state index contributed by atoms with van der Waals surface area (Å²) < 4.78 is 0. The van der Waals surface area contributed by atoms with Gasteiger partial charge >= 0.3 is 0 Å². The number of nitrogens with zero attached hydrogens (tertiary/aromatic N) is 4. The second kappa shape index (κ2) is 6.37. The van der Waals surface area contributed by atoms with Crippen molar-refractivity contribution in [3.8, 4) is 6.07 Å². The first-order valence-electron chi connectivity index (χ1n) is 6.42. The van der Waals surface area contributed by atoms with Crippen molar-refractivity contribution < 1.29 is 0 Å². The van der Waals surface area contributed by atoms with E-state index in [0.29, 0.717) is 23.4 Å². The molecule has 21 heavy (non-hydrogen) atoms. The Morgan fingerprint density at radius 2 is 2.14 bits per heavy atom. The highest BCUT2D eigenvalue weighted by atomic mass is 32.2. The van der Waals surface area contributed by atoms with Gasteiger partial charge in [0.2, 0.25) is 0 Å². The molecule has 0 aromatic carbocycles. The van der Waals surface area contributed by atoms with Crippen LogP contribution in [0, 0.1) is 11.3 Å². The van der Waals surface area contributed by atoms with Crippen LogP contribution in [0.4, 0.5) is 5.82 Å². The molecule has 0 aliphatic carbocycles. The second-order valence-corrected chi connectivity index (χ2v) is 5.18. The molecule has 8 heteroatoms. The Kier molecular flexibility index (Phi) is 4.55. The second-order valence-electron chi connectivity index (χ2n) is 4.20. The van der Waals surface area contributed by atoms with Crippen LogP contribution in [0.3, 0.4) is 0 Å². The molecule has 2 aromatic heterocycles. The van der Waals surface area contributed by atoms with Gasteiger partial charge in [-0.3, -0.25) is 4.79 Å². The zero-order valence-corrected chi connectivity index (χ0v) is 12.5. The number of nitriles is 1. The molecule has 0 aliphatic heterocycles. The standard InChI is InChI=1S/C13H14N6OS/c1-3-7-8(6-14)12(19-18-9(7)4-2)21-13-16-10(15)5-11(20)17-13/h5H,3-4H2,1-2H3,(H3,15,16,17,20). The lowest BCUT2D eigenvalue weighted by molar-refractivity contribution is 0.814. The summed E-state index contributed by atoms with van der Waals surface area (Å²) >= 11 is 1.07. The first-order chi connectivity index (χ1) is 10.1. The number of aromatic amines is 1. The first-order valence-corrected chi connectivity index (χ1v) is 7.23. The maximum absolute atomic E-state index is 11.4. The fourth-order valence-corrected chi connectivity index (χ4v) is 2.77. The Hall–Kier alpha value is -2.40. The Morgan fingerprint density at radius 3 is 2.71 bits per heavy atom. The molecule has 0 amide bonds. The van der Waals surface area contributed by atoms with Crippen molar-refractivity contribution in [2.24, 2.45) is 0 Å². The van der Waals surface area contributed by atoms with Crippen LogP contribution >= 0.6 is 11.8 Å². The number of H-pyrrole nitrogens is 1. The SMILES string of the molecule is CCc1nnc(Sc2nc(N)cc(=O)[nH]2)c(C#N)c1CC. The summed E-state index contributed by atoms with van der Waals surface area (Å²) in [5, 5.41) is 18.3. The van der Waals surface area contributed by atoms with Crippen LogP contribution in [0.1, 0.15) is 30.7 Å². The van der Waals surface area contributed by atoms with E-state index in [1.807, 2.05) is 13.8 Å². The maximum Gasteiger partial charge on any atom is 0.253 e. The quantitative estimate of drug-likeness (QED) is 0.816. The molecule has 2 heterocycles. The molecule has 2 aromatic rings. The van der Waals surface area contributed by atoms with E-state index in [-0.39, 0.29) is 16.5 Å². The van der Waals surface area contributed by atoms with E-state index in [9.17, 15) is 10.1 Å². The number of anilines is 1. The van der Waals surface area contributed by atoms with Crippen LogP contribution in [0.25, 0.3) is 0 Å². The van der Waals surface area contributed by atoms with E-state index in [0.717, 1.165) is 23.0 Å². The fraction of sp³-hybridized carbons (Fsp3) is 0.308. The van der Waals surface area contributed by atoms with E-state index in [1.165, 1.54) is 6.07 Å². The highest BCUT2D eigenvalue weighted by Crippen LogP contribution is 2.28. The lowest BCUT2D eigenvalue weighted by Gasteiger charge is -2.09. The van der Waals surface area contributed by atoms with E-state index >= 15 is 0 Å². The zero-order chi connectivity index (χ0) is 15.4. The minimum absolute atomic E-state index is 0.119. The third-order valence-electron chi connectivity index (χ3n) is 2.86. The summed E-state index contributed by atoms with van der Waals surface area (Å²) in [7, 11) is 0. The lowest BCUT2D eigenvalue weighted by Crippen LogP contribution is -2.10. The molecule has 0 saturated carbocycles. The van der Waals surface area contributed by atoms with E-state index in [1.54, 1.807) is 0 Å². The van der Waals surface area contributed by atoms with Crippen LogP contribution in [0.2, 0.25) is 0 Å². The van der Waals surface area contributed by atoms with Crippen molar-refractivity contribution in [3.63, 3.8) is 0 Å². The van der Waals surface area contributed by atoms with Gasteiger partial charge in [-0.1, -0.05) is 13.8 Å². The number of aryl methyl sites for hydroxylation is 1. The van der Waals surface area contributed by atoms with Crippen molar-refractivity contribution >= 4 is 17.6 Å². The number of rotatable bonds is 4. The van der Waals surface area contributed by atoms with E-state index in [4.69, 9.17) is 5.73 Å². The molecule has 0 aliphatic rings. The normalized spacial score (nSPS) is 10.3. The summed E-state index contributed by atoms with van der Waals surface area (Å²) in [6, 6.07) is 3.36. The molecule has 0 atom stereocenters. The van der Waals surface area contributed by atoms with Crippen LogP contribution in [0.15, 0.2) is 21.0 Å². The van der Waals surface area contributed by atoms with E-state index < -0.39 is 0 Å². The van der Waals surface area contributed by atoms with Crippen molar-refractivity contribution in [1.29, 1.82) is 5.26 Å². The molecular formula is C13H14N6OS. The smallest absolute Gasteiger partial charge is 0.253 e. The average molecular weight is 302 g/mol. The predicted octanol–water partition coefficient (Wildman–Crippen LogP) is 1.29. The monoisotopic (exact) mass is 302 g/mol. The summed E-state index contributed by atoms with van der Waals surface area (Å²) in [4.78, 5) is 18.0. The predicted molar refractivity (Wildman–Crippen MR) is 78.9 cm³/mol. The average Bonchev–Trinajstić information content (AvgIpc) is 2.45. The van der Waals surface area contributed by atoms with Gasteiger partial charge in [0.25, 0.3) is 5.56 Å². The van der Waals surface area contributed by atoms with Gasteiger partial charge in [-0.05, 0) is 30.2 Å². The van der Waals surface area contributed by atoms with Gasteiger partial charge in [0.1, 0.15) is 16.9 Å². The molecule has 0 radical (unpaired) electrons. The van der Waals surface area contributed by atoms with Crippen molar-refractivity contribution in [2.75, 3.05) is 5.73 Å². The van der Waals surface area contributed by atoms with Gasteiger partial charge in [0.15, 0.2) is 5.16 Å². The molecule has 0 saturated heterocycles. The molecule has 0 fully saturated rings. The van der Waals surface area contributed by atoms with Gasteiger partial charge in [0, 0.05) is 6.07 Å². The minimum Gasteiger partial charge on any atom is -0.383 e. The van der Waals surface area contributed by atoms with Gasteiger partial charge in [-0.25, -0.2) is 4.98 Å². The molecule has 0 unspecified atom stereocenters. The number of nitrogen functional groups attached to an aromatic ring is 1. The number of nitrogens with one attached hydrogen (secondary N) is 1. The fourth-order valence-electron chi connectivity index (χ4n) is 1.93. The number of aromatic nitrogens is 4. The van der Waals surface area contributed by atoms with Gasteiger partial charge in [-0.2, -0.15) is 10.4 Å². The topological polar surface area (TPSA) is 121 Å². The highest BCUT2D eigenvalue weighted by Gasteiger charge is 2.16. The molecular weight excluding hydrogens is 288 g/mol. The third-order valence-corrected chi connectivity index (χ3v) is 3.72. The first kappa shape index (κ1) is 15.0. The maximum atomic E-state index is 11.4. The molecule has 3 N–H and O–H groups in total. The van der Waals surface area contributed by atoms with Crippen LogP contribution in [0.5, 0.6) is 0 Å². The molecule has 7 nitrogen and oxygen atoms in total. The summed E-state index contributed by atoms with van der Waals surface area (Å²) in [6.45, 7) is 3.93. The van der Waals surface area contributed by atoms with Crippen molar-refractivity contribution in [3.05, 3.63) is 33.2 Å². The van der Waals surface area contributed by atoms with Crippen LogP contribution in [-0.4, -0.2) is 20.2 Å². The molecule has 0 bridgehead atoms. The van der Waals surface area contributed by atoms with Gasteiger partial charge < -0.3 is 10.7 Å². The molecule has 108 valence electrons. The van der Waals surface area contributed by atoms with Crippen LogP contribution < -0.4 is 11.3 Å². The number of hydrogen-bond acceptors (Lipinski definition) is 7. The lowest BCUT2D eigenvalue weighted by atomic mass is 10.1. The van der Waals surface area contributed by atoms with Gasteiger partial charge in [0.05, 0.1) is 11.3 Å². The van der Waals surface area contributed by atoms with Crippen molar-refractivity contribution in [2.45, 2.75) is 36.9 Å². The number of nitrogens with two attached hydrogens (primary N) is 1. The Balaban J connectivity index is 2.50. The Bertz CT molecular complexity index is 764. The largest absolute Gasteiger partial charge is 0.383 e. The Labute approximate surface area is 125 Å². The highest BCUT2D eigenvalue weighted by molar-refractivity contribution is 7.99. The summed E-state index contributed by atoms with van der Waals surface area (Å²) in [6.07, 6.45) is 1.40.